The van der Waals surface area contributed by atoms with Crippen molar-refractivity contribution in [1.29, 1.82) is 0 Å². The molecular formula is C16H17F2N5O. The number of carbonyl (C=O) groups excluding carboxylic acids is 1. The lowest BCUT2D eigenvalue weighted by Crippen LogP contribution is -2.44. The molecule has 6 nitrogen and oxygen atoms in total. The summed E-state index contributed by atoms with van der Waals surface area (Å²) in [7, 11) is 2.05. The fraction of sp³-hybridized carbons (Fsp3) is 0.312. The number of amides is 1. The molecule has 24 heavy (non-hydrogen) atoms. The minimum Gasteiger partial charge on any atom is -0.354 e. The standard InChI is InChI=1S/C16H17F2N5O/c1-22-5-7-23(8-6-22)14-9-13(19-10-20-14)21-16(24)15-11(17)3-2-4-12(15)18/h2-4,9-10H,5-8H2,1H3,(H,19,20,21,24). The van der Waals surface area contributed by atoms with Crippen LogP contribution in [0.1, 0.15) is 10.4 Å². The number of hydrogen-bond acceptors (Lipinski definition) is 5. The van der Waals surface area contributed by atoms with E-state index in [9.17, 15) is 13.6 Å². The molecule has 1 aromatic carbocycles. The van der Waals surface area contributed by atoms with Crippen molar-refractivity contribution in [3.05, 3.63) is 47.8 Å². The van der Waals surface area contributed by atoms with Crippen LogP contribution in [0.15, 0.2) is 30.6 Å². The number of aromatic nitrogens is 2. The summed E-state index contributed by atoms with van der Waals surface area (Å²) in [4.78, 5) is 24.5. The Balaban J connectivity index is 1.76. The molecule has 0 bridgehead atoms. The van der Waals surface area contributed by atoms with Crippen LogP contribution in [0.2, 0.25) is 0 Å². The van der Waals surface area contributed by atoms with Crippen molar-refractivity contribution >= 4 is 17.5 Å². The number of halogens is 2. The molecule has 0 spiro atoms. The molecule has 3 rings (SSSR count). The Labute approximate surface area is 138 Å². The van der Waals surface area contributed by atoms with Crippen LogP contribution >= 0.6 is 0 Å². The van der Waals surface area contributed by atoms with Crippen molar-refractivity contribution in [1.82, 2.24) is 14.9 Å². The molecule has 0 aliphatic carbocycles. The number of nitrogens with zero attached hydrogens (tertiary/aromatic N) is 4. The van der Waals surface area contributed by atoms with Gasteiger partial charge in [0.25, 0.3) is 5.91 Å². The summed E-state index contributed by atoms with van der Waals surface area (Å²) in [6, 6.07) is 4.88. The maximum Gasteiger partial charge on any atom is 0.262 e. The fourth-order valence-corrected chi connectivity index (χ4v) is 2.52. The van der Waals surface area contributed by atoms with Gasteiger partial charge in [-0.25, -0.2) is 18.7 Å². The summed E-state index contributed by atoms with van der Waals surface area (Å²) in [5, 5.41) is 2.42. The highest BCUT2D eigenvalue weighted by Crippen LogP contribution is 2.18. The maximum absolute atomic E-state index is 13.7. The average molecular weight is 333 g/mol. The van der Waals surface area contributed by atoms with Crippen molar-refractivity contribution in [3.8, 4) is 0 Å². The third kappa shape index (κ3) is 3.48. The molecule has 1 aliphatic heterocycles. The first-order valence-electron chi connectivity index (χ1n) is 7.55. The minimum absolute atomic E-state index is 0.201. The van der Waals surface area contributed by atoms with Gasteiger partial charge in [-0.2, -0.15) is 0 Å². The Hall–Kier alpha value is -2.61. The van der Waals surface area contributed by atoms with Crippen molar-refractivity contribution in [2.45, 2.75) is 0 Å². The van der Waals surface area contributed by atoms with E-state index in [0.717, 1.165) is 38.3 Å². The second-order valence-corrected chi connectivity index (χ2v) is 5.60. The second kappa shape index (κ2) is 6.88. The van der Waals surface area contributed by atoms with Gasteiger partial charge in [-0.05, 0) is 19.2 Å². The van der Waals surface area contributed by atoms with E-state index < -0.39 is 23.1 Å². The second-order valence-electron chi connectivity index (χ2n) is 5.60. The number of hydrogen-bond donors (Lipinski definition) is 1. The largest absolute Gasteiger partial charge is 0.354 e. The number of benzene rings is 1. The molecule has 8 heteroatoms. The smallest absolute Gasteiger partial charge is 0.262 e. The number of piperazine rings is 1. The Kier molecular flexibility index (Phi) is 4.66. The zero-order chi connectivity index (χ0) is 17.1. The topological polar surface area (TPSA) is 61.4 Å². The van der Waals surface area contributed by atoms with Crippen LogP contribution in [-0.2, 0) is 0 Å². The van der Waals surface area contributed by atoms with Crippen LogP contribution in [0, 0.1) is 11.6 Å². The van der Waals surface area contributed by atoms with Gasteiger partial charge in [0.15, 0.2) is 0 Å². The van der Waals surface area contributed by atoms with Crippen LogP contribution in [0.3, 0.4) is 0 Å². The number of anilines is 2. The first-order valence-corrected chi connectivity index (χ1v) is 7.55. The molecule has 1 aliphatic rings. The lowest BCUT2D eigenvalue weighted by Gasteiger charge is -2.33. The summed E-state index contributed by atoms with van der Waals surface area (Å²) < 4.78 is 27.3. The molecular weight excluding hydrogens is 316 g/mol. The van der Waals surface area contributed by atoms with E-state index in [-0.39, 0.29) is 5.82 Å². The van der Waals surface area contributed by atoms with E-state index in [1.54, 1.807) is 6.07 Å². The average Bonchev–Trinajstić information content (AvgIpc) is 2.55. The summed E-state index contributed by atoms with van der Waals surface area (Å²) in [5.41, 5.74) is -0.628. The highest BCUT2D eigenvalue weighted by molar-refractivity contribution is 6.04. The van der Waals surface area contributed by atoms with Gasteiger partial charge < -0.3 is 15.1 Å². The van der Waals surface area contributed by atoms with E-state index in [0.29, 0.717) is 5.82 Å². The fourth-order valence-electron chi connectivity index (χ4n) is 2.52. The zero-order valence-electron chi connectivity index (χ0n) is 13.2. The molecule has 1 fully saturated rings. The van der Waals surface area contributed by atoms with Crippen LogP contribution in [0.5, 0.6) is 0 Å². The van der Waals surface area contributed by atoms with Crippen molar-refractivity contribution < 1.29 is 13.6 Å². The van der Waals surface area contributed by atoms with Crippen molar-refractivity contribution in [3.63, 3.8) is 0 Å². The van der Waals surface area contributed by atoms with Gasteiger partial charge in [0.2, 0.25) is 0 Å². The van der Waals surface area contributed by atoms with E-state index in [1.165, 1.54) is 12.4 Å². The molecule has 1 aromatic heterocycles. The SMILES string of the molecule is CN1CCN(c2cc(NC(=O)c3c(F)cccc3F)ncn2)CC1. The first-order chi connectivity index (χ1) is 11.5. The Morgan fingerprint density at radius 2 is 1.79 bits per heavy atom. The molecule has 1 saturated heterocycles. The number of likely N-dealkylation sites (N-methyl/N-ethyl adjacent to an activating group) is 1. The zero-order valence-corrected chi connectivity index (χ0v) is 13.2. The Bertz CT molecular complexity index is 727. The molecule has 0 atom stereocenters. The highest BCUT2D eigenvalue weighted by Gasteiger charge is 2.19. The molecule has 2 heterocycles. The number of nitrogens with one attached hydrogen (secondary N) is 1. The molecule has 1 amide bonds. The van der Waals surface area contributed by atoms with Crippen LogP contribution in [-0.4, -0.2) is 54.0 Å². The predicted octanol–water partition coefficient (Wildman–Crippen LogP) is 1.76. The minimum atomic E-state index is -0.916. The van der Waals surface area contributed by atoms with E-state index in [2.05, 4.69) is 25.1 Å². The van der Waals surface area contributed by atoms with E-state index >= 15 is 0 Å². The van der Waals surface area contributed by atoms with Crippen LogP contribution < -0.4 is 10.2 Å². The van der Waals surface area contributed by atoms with Crippen molar-refractivity contribution in [2.75, 3.05) is 43.4 Å². The summed E-state index contributed by atoms with van der Waals surface area (Å²) in [6.07, 6.45) is 1.32. The maximum atomic E-state index is 13.7. The van der Waals surface area contributed by atoms with Gasteiger partial charge in [-0.3, -0.25) is 4.79 Å². The van der Waals surface area contributed by atoms with Crippen LogP contribution in [0.25, 0.3) is 0 Å². The third-order valence-electron chi connectivity index (χ3n) is 3.91. The molecule has 0 radical (unpaired) electrons. The van der Waals surface area contributed by atoms with E-state index in [1.807, 2.05) is 7.05 Å². The lowest BCUT2D eigenvalue weighted by molar-refractivity contribution is 0.101. The monoisotopic (exact) mass is 333 g/mol. The first kappa shape index (κ1) is 16.3. The normalized spacial score (nSPS) is 15.4. The Morgan fingerprint density at radius 1 is 1.12 bits per heavy atom. The van der Waals surface area contributed by atoms with Gasteiger partial charge in [0, 0.05) is 32.2 Å². The third-order valence-corrected chi connectivity index (χ3v) is 3.91. The number of carbonyl (C=O) groups is 1. The lowest BCUT2D eigenvalue weighted by atomic mass is 10.2. The van der Waals surface area contributed by atoms with Crippen molar-refractivity contribution in [2.24, 2.45) is 0 Å². The molecule has 2 aromatic rings. The molecule has 0 unspecified atom stereocenters. The molecule has 0 saturated carbocycles. The van der Waals surface area contributed by atoms with E-state index in [4.69, 9.17) is 0 Å². The predicted molar refractivity (Wildman–Crippen MR) is 86.1 cm³/mol. The highest BCUT2D eigenvalue weighted by atomic mass is 19.1. The van der Waals surface area contributed by atoms with Gasteiger partial charge in [-0.1, -0.05) is 6.07 Å². The molecule has 126 valence electrons. The number of rotatable bonds is 3. The van der Waals surface area contributed by atoms with Gasteiger partial charge in [-0.15, -0.1) is 0 Å². The van der Waals surface area contributed by atoms with Crippen LogP contribution in [0.4, 0.5) is 20.4 Å². The van der Waals surface area contributed by atoms with Gasteiger partial charge in [0.05, 0.1) is 0 Å². The summed E-state index contributed by atoms with van der Waals surface area (Å²) in [6.45, 7) is 3.43. The van der Waals surface area contributed by atoms with Gasteiger partial charge >= 0.3 is 0 Å². The van der Waals surface area contributed by atoms with Gasteiger partial charge in [0.1, 0.15) is 35.2 Å². The summed E-state index contributed by atoms with van der Waals surface area (Å²) in [5.74, 6) is -1.84. The summed E-state index contributed by atoms with van der Waals surface area (Å²) >= 11 is 0. The quantitative estimate of drug-likeness (QED) is 0.927. The Morgan fingerprint density at radius 3 is 2.46 bits per heavy atom. The molecule has 1 N–H and O–H groups in total.